The zero-order valence-electron chi connectivity index (χ0n) is 39.6. The van der Waals surface area contributed by atoms with Gasteiger partial charge in [0.1, 0.15) is 11.6 Å². The van der Waals surface area contributed by atoms with Gasteiger partial charge in [-0.25, -0.2) is 14.8 Å². The van der Waals surface area contributed by atoms with E-state index in [-0.39, 0.29) is 70.7 Å². The van der Waals surface area contributed by atoms with Gasteiger partial charge in [0.15, 0.2) is 17.1 Å². The number of carbonyl (C=O) groups is 5. The van der Waals surface area contributed by atoms with Crippen molar-refractivity contribution in [2.45, 2.75) is 180 Å². The van der Waals surface area contributed by atoms with E-state index < -0.39 is 29.7 Å². The summed E-state index contributed by atoms with van der Waals surface area (Å²) in [4.78, 5) is 71.7. The summed E-state index contributed by atoms with van der Waals surface area (Å²) < 4.78 is 19.2. The van der Waals surface area contributed by atoms with Crippen LogP contribution in [0.3, 0.4) is 0 Å². The standard InChI is InChI=1S/C48H69N3O8S4/c1-13-17-20-31(16-4)28-57-44(56)32(27-49)45-60-38-36(58-33(52)23-29(5)25-47(7,8)9)40-41(37(39(38)61-45)59-34(53)24-30(6)26-48(10,11)12)63-46(62-40)35-42(54)50(21-18-14-2)51(43(35)55)22-19-15-3/h29-31H,13-26,28H2,1-12H3. The summed E-state index contributed by atoms with van der Waals surface area (Å²) in [7, 11) is 0. The molecular formula is C48H69N3O8S4. The molecular weight excluding hydrogens is 875 g/mol. The predicted octanol–water partition coefficient (Wildman–Crippen LogP) is 12.7. The lowest BCUT2D eigenvalue weighted by atomic mass is 9.84. The average Bonchev–Trinajstić information content (AvgIpc) is 3.87. The zero-order chi connectivity index (χ0) is 46.8. The summed E-state index contributed by atoms with van der Waals surface area (Å²) in [5.74, 6) is -1.99. The van der Waals surface area contributed by atoms with Gasteiger partial charge in [-0.15, -0.1) is 0 Å². The Morgan fingerprint density at radius 2 is 1.11 bits per heavy atom. The number of rotatable bonds is 21. The van der Waals surface area contributed by atoms with E-state index in [4.69, 9.17) is 14.2 Å². The highest BCUT2D eigenvalue weighted by atomic mass is 32.2. The normalized spacial score (nSPS) is 16.5. The maximum Gasteiger partial charge on any atom is 0.350 e. The molecule has 0 spiro atoms. The second-order valence-corrected chi connectivity index (χ2v) is 24.1. The fraction of sp³-hybridized carbons (Fsp3) is 0.667. The number of hydrogen-bond acceptors (Lipinski definition) is 13. The van der Waals surface area contributed by atoms with Crippen LogP contribution in [0.25, 0.3) is 0 Å². The molecule has 0 saturated carbocycles. The molecule has 1 aromatic rings. The Labute approximate surface area is 393 Å². The molecule has 0 aliphatic carbocycles. The number of ether oxygens (including phenoxy) is 3. The monoisotopic (exact) mass is 943 g/mol. The molecule has 63 heavy (non-hydrogen) atoms. The van der Waals surface area contributed by atoms with Crippen molar-refractivity contribution in [1.82, 2.24) is 10.0 Å². The van der Waals surface area contributed by atoms with E-state index in [2.05, 4.69) is 61.5 Å². The van der Waals surface area contributed by atoms with Crippen molar-refractivity contribution < 1.29 is 38.2 Å². The van der Waals surface area contributed by atoms with E-state index in [9.17, 15) is 29.2 Å². The number of nitriles is 1. The molecule has 0 bridgehead atoms. The Kier molecular flexibility index (Phi) is 19.5. The average molecular weight is 944 g/mol. The van der Waals surface area contributed by atoms with Crippen LogP contribution in [0.2, 0.25) is 0 Å². The number of nitrogens with zero attached hydrogens (tertiary/aromatic N) is 3. The molecule has 3 heterocycles. The fourth-order valence-corrected chi connectivity index (χ4v) is 13.5. The van der Waals surface area contributed by atoms with Gasteiger partial charge in [-0.2, -0.15) is 5.26 Å². The second-order valence-electron chi connectivity index (χ2n) is 19.5. The molecule has 3 aliphatic heterocycles. The van der Waals surface area contributed by atoms with Crippen molar-refractivity contribution in [3.05, 3.63) is 19.6 Å². The minimum absolute atomic E-state index is 0.00715. The number of hydrazine groups is 1. The largest absolute Gasteiger partial charge is 0.461 e. The van der Waals surface area contributed by atoms with Gasteiger partial charge in [-0.3, -0.25) is 19.2 Å². The third-order valence-corrected chi connectivity index (χ3v) is 15.9. The van der Waals surface area contributed by atoms with Gasteiger partial charge in [-0.1, -0.05) is 162 Å². The second kappa shape index (κ2) is 23.4. The topological polar surface area (TPSA) is 143 Å². The SMILES string of the molecule is CCCCC(CC)COC(=O)C(C#N)=C1Sc2c(OC(=O)CC(C)CC(C)(C)C)c3c(c(OC(=O)CC(C)CC(C)(C)C)c2S1)SC(=C1C(=O)N(CCCC)N(CCCC)C1=O)S3. The zero-order valence-corrected chi connectivity index (χ0v) is 42.8. The number of hydrogen-bond donors (Lipinski definition) is 0. The van der Waals surface area contributed by atoms with Gasteiger partial charge < -0.3 is 14.2 Å². The Bertz CT molecular complexity index is 1880. The maximum absolute atomic E-state index is 14.2. The molecule has 3 unspecified atom stereocenters. The van der Waals surface area contributed by atoms with Crippen LogP contribution in [-0.2, 0) is 28.7 Å². The van der Waals surface area contributed by atoms with E-state index in [0.29, 0.717) is 41.1 Å². The van der Waals surface area contributed by atoms with Gasteiger partial charge in [0, 0.05) is 25.9 Å². The predicted molar refractivity (Wildman–Crippen MR) is 254 cm³/mol. The first-order chi connectivity index (χ1) is 29.7. The van der Waals surface area contributed by atoms with Gasteiger partial charge in [0.25, 0.3) is 11.8 Å². The summed E-state index contributed by atoms with van der Waals surface area (Å²) in [5, 5.41) is 13.5. The molecule has 0 radical (unpaired) electrons. The minimum Gasteiger partial charge on any atom is -0.461 e. The van der Waals surface area contributed by atoms with Crippen LogP contribution in [0.1, 0.15) is 160 Å². The summed E-state index contributed by atoms with van der Waals surface area (Å²) in [6, 6.07) is 2.07. The number of unbranched alkanes of at least 4 members (excludes halogenated alkanes) is 3. The Hall–Kier alpha value is -3.06. The molecule has 0 aromatic heterocycles. The fourth-order valence-electron chi connectivity index (χ4n) is 8.05. The summed E-state index contributed by atoms with van der Waals surface area (Å²) in [5.41, 5.74) is -0.211. The van der Waals surface area contributed by atoms with E-state index in [1.165, 1.54) is 0 Å². The van der Waals surface area contributed by atoms with Crippen molar-refractivity contribution >= 4 is 76.8 Å². The van der Waals surface area contributed by atoms with Crippen LogP contribution < -0.4 is 9.47 Å². The Morgan fingerprint density at radius 1 is 0.683 bits per heavy atom. The molecule has 4 rings (SSSR count). The van der Waals surface area contributed by atoms with Crippen LogP contribution >= 0.6 is 47.0 Å². The summed E-state index contributed by atoms with van der Waals surface area (Å²) in [6.07, 6.45) is 8.69. The number of thioether (sulfide) groups is 4. The molecule has 348 valence electrons. The lowest BCUT2D eigenvalue weighted by Crippen LogP contribution is -2.42. The lowest BCUT2D eigenvalue weighted by molar-refractivity contribution is -0.147. The third-order valence-electron chi connectivity index (χ3n) is 10.8. The quantitative estimate of drug-likeness (QED) is 0.0379. The van der Waals surface area contributed by atoms with E-state index >= 15 is 0 Å². The highest BCUT2D eigenvalue weighted by Crippen LogP contribution is 2.69. The Morgan fingerprint density at radius 3 is 1.49 bits per heavy atom. The van der Waals surface area contributed by atoms with Crippen LogP contribution in [0.5, 0.6) is 11.5 Å². The maximum atomic E-state index is 14.2. The molecule has 3 aliphatic rings. The van der Waals surface area contributed by atoms with E-state index in [0.717, 1.165) is 111 Å². The lowest BCUT2D eigenvalue weighted by Gasteiger charge is -2.27. The third kappa shape index (κ3) is 14.2. The highest BCUT2D eigenvalue weighted by Gasteiger charge is 2.47. The smallest absolute Gasteiger partial charge is 0.350 e. The van der Waals surface area contributed by atoms with Gasteiger partial charge in [0.2, 0.25) is 0 Å². The van der Waals surface area contributed by atoms with Gasteiger partial charge in [-0.05, 0) is 60.7 Å². The molecule has 15 heteroatoms. The molecule has 11 nitrogen and oxygen atoms in total. The molecule has 3 atom stereocenters. The van der Waals surface area contributed by atoms with Crippen LogP contribution in [0, 0.1) is 39.9 Å². The number of benzene rings is 1. The van der Waals surface area contributed by atoms with Crippen LogP contribution in [0.15, 0.2) is 39.2 Å². The molecule has 1 fully saturated rings. The van der Waals surface area contributed by atoms with Crippen molar-refractivity contribution in [3.63, 3.8) is 0 Å². The number of esters is 3. The first-order valence-corrected chi connectivity index (χ1v) is 26.0. The summed E-state index contributed by atoms with van der Waals surface area (Å²) in [6.45, 7) is 25.9. The molecule has 2 amide bonds. The molecule has 1 saturated heterocycles. The first kappa shape index (κ1) is 52.6. The number of amides is 2. The van der Waals surface area contributed by atoms with Gasteiger partial charge in [0.05, 0.1) is 34.7 Å². The van der Waals surface area contributed by atoms with Crippen molar-refractivity contribution in [2.24, 2.45) is 28.6 Å². The van der Waals surface area contributed by atoms with Crippen molar-refractivity contribution in [2.75, 3.05) is 19.7 Å². The Balaban J connectivity index is 1.90. The van der Waals surface area contributed by atoms with Crippen LogP contribution in [-0.4, -0.2) is 59.4 Å². The van der Waals surface area contributed by atoms with E-state index in [1.807, 2.05) is 27.7 Å². The minimum atomic E-state index is -0.749. The van der Waals surface area contributed by atoms with E-state index in [1.54, 1.807) is 10.0 Å². The number of carbonyl (C=O) groups excluding carboxylic acids is 5. The summed E-state index contributed by atoms with van der Waals surface area (Å²) >= 11 is 4.48. The number of fused-ring (bicyclic) bond motifs is 2. The molecule has 0 N–H and O–H groups in total. The van der Waals surface area contributed by atoms with Gasteiger partial charge >= 0.3 is 17.9 Å². The van der Waals surface area contributed by atoms with Crippen molar-refractivity contribution in [3.8, 4) is 17.6 Å². The van der Waals surface area contributed by atoms with Crippen LogP contribution in [0.4, 0.5) is 0 Å². The van der Waals surface area contributed by atoms with Crippen molar-refractivity contribution in [1.29, 1.82) is 5.26 Å². The molecule has 1 aromatic carbocycles. The first-order valence-electron chi connectivity index (χ1n) is 22.7. The highest BCUT2D eigenvalue weighted by molar-refractivity contribution is 8.26.